The first kappa shape index (κ1) is 19.1. The summed E-state index contributed by atoms with van der Waals surface area (Å²) in [5.41, 5.74) is 7.71. The first-order chi connectivity index (χ1) is 13.0. The Balaban J connectivity index is 1.88. The molecule has 1 saturated carbocycles. The third-order valence-electron chi connectivity index (χ3n) is 4.64. The molecular weight excluding hydrogens is 346 g/mol. The minimum absolute atomic E-state index is 0.221. The maximum Gasteiger partial charge on any atom is 0.343 e. The second kappa shape index (κ2) is 8.34. The lowest BCUT2D eigenvalue weighted by Gasteiger charge is -2.28. The first-order valence-corrected chi connectivity index (χ1v) is 9.29. The molecule has 2 aromatic rings. The van der Waals surface area contributed by atoms with Crippen LogP contribution >= 0.6 is 0 Å². The van der Waals surface area contributed by atoms with E-state index in [2.05, 4.69) is 25.7 Å². The van der Waals surface area contributed by atoms with Crippen molar-refractivity contribution < 1.29 is 9.53 Å². The van der Waals surface area contributed by atoms with Crippen molar-refractivity contribution in [2.24, 2.45) is 12.8 Å². The zero-order chi connectivity index (χ0) is 19.4. The van der Waals surface area contributed by atoms with Gasteiger partial charge in [-0.3, -0.25) is 4.68 Å². The van der Waals surface area contributed by atoms with Gasteiger partial charge in [0.25, 0.3) is 0 Å². The summed E-state index contributed by atoms with van der Waals surface area (Å²) in [6, 6.07) is 0.473. The number of nitrogens with two attached hydrogens (primary N) is 1. The van der Waals surface area contributed by atoms with E-state index in [1.807, 2.05) is 13.2 Å². The van der Waals surface area contributed by atoms with Gasteiger partial charge < -0.3 is 21.1 Å². The molecule has 3 rings (SSSR count). The molecule has 27 heavy (non-hydrogen) atoms. The highest BCUT2D eigenvalue weighted by molar-refractivity contribution is 5.96. The van der Waals surface area contributed by atoms with E-state index in [1.54, 1.807) is 24.7 Å². The van der Waals surface area contributed by atoms with Crippen molar-refractivity contribution in [2.45, 2.75) is 51.6 Å². The van der Waals surface area contributed by atoms with Crippen LogP contribution in [0.1, 0.15) is 48.7 Å². The van der Waals surface area contributed by atoms with Crippen molar-refractivity contribution in [3.8, 4) is 0 Å². The summed E-state index contributed by atoms with van der Waals surface area (Å²) >= 11 is 0. The zero-order valence-electron chi connectivity index (χ0n) is 16.0. The fourth-order valence-electron chi connectivity index (χ4n) is 3.25. The van der Waals surface area contributed by atoms with E-state index in [1.165, 1.54) is 0 Å². The second-order valence-corrected chi connectivity index (χ2v) is 6.86. The van der Waals surface area contributed by atoms with Crippen LogP contribution in [0.2, 0.25) is 0 Å². The highest BCUT2D eigenvalue weighted by atomic mass is 16.5. The molecule has 0 saturated heterocycles. The van der Waals surface area contributed by atoms with Gasteiger partial charge in [-0.05, 0) is 39.5 Å². The number of nitrogens with one attached hydrogen (secondary N) is 2. The summed E-state index contributed by atoms with van der Waals surface area (Å²) < 4.78 is 6.89. The highest BCUT2D eigenvalue weighted by Gasteiger charge is 2.24. The van der Waals surface area contributed by atoms with E-state index in [0.29, 0.717) is 29.6 Å². The van der Waals surface area contributed by atoms with Crippen molar-refractivity contribution in [1.29, 1.82) is 0 Å². The number of hydrogen-bond donors (Lipinski definition) is 3. The van der Waals surface area contributed by atoms with Crippen LogP contribution in [0.3, 0.4) is 0 Å². The highest BCUT2D eigenvalue weighted by Crippen LogP contribution is 2.26. The third kappa shape index (κ3) is 4.73. The van der Waals surface area contributed by atoms with E-state index in [9.17, 15) is 4.79 Å². The number of hydrogen-bond acceptors (Lipinski definition) is 8. The van der Waals surface area contributed by atoms with Gasteiger partial charge in [-0.2, -0.15) is 10.1 Å². The zero-order valence-corrected chi connectivity index (χ0v) is 16.0. The first-order valence-electron chi connectivity index (χ1n) is 9.29. The van der Waals surface area contributed by atoms with Gasteiger partial charge in [-0.15, -0.1) is 0 Å². The molecule has 0 aromatic carbocycles. The Morgan fingerprint density at radius 1 is 1.33 bits per heavy atom. The second-order valence-electron chi connectivity index (χ2n) is 6.86. The number of carbonyl (C=O) groups excluding carboxylic acids is 1. The Labute approximate surface area is 158 Å². The lowest BCUT2D eigenvalue weighted by Crippen LogP contribution is -2.33. The molecule has 0 aliphatic heterocycles. The maximum absolute atomic E-state index is 12.5. The molecule has 4 N–H and O–H groups in total. The Kier molecular flexibility index (Phi) is 5.90. The van der Waals surface area contributed by atoms with Crippen LogP contribution in [-0.2, 0) is 11.8 Å². The van der Waals surface area contributed by atoms with Gasteiger partial charge >= 0.3 is 5.97 Å². The third-order valence-corrected chi connectivity index (χ3v) is 4.64. The Morgan fingerprint density at radius 2 is 2.07 bits per heavy atom. The summed E-state index contributed by atoms with van der Waals surface area (Å²) in [6.45, 7) is 3.86. The van der Waals surface area contributed by atoms with Crippen LogP contribution in [0.4, 0.5) is 17.5 Å². The van der Waals surface area contributed by atoms with Crippen LogP contribution < -0.4 is 16.4 Å². The van der Waals surface area contributed by atoms with Gasteiger partial charge in [0.1, 0.15) is 11.4 Å². The predicted molar refractivity (Wildman–Crippen MR) is 103 cm³/mol. The summed E-state index contributed by atoms with van der Waals surface area (Å²) in [5.74, 6) is 0.481. The maximum atomic E-state index is 12.5. The molecule has 0 spiro atoms. The molecule has 0 radical (unpaired) electrons. The van der Waals surface area contributed by atoms with Crippen LogP contribution in [-0.4, -0.2) is 44.4 Å². The monoisotopic (exact) mass is 373 g/mol. The fourth-order valence-corrected chi connectivity index (χ4v) is 3.25. The van der Waals surface area contributed by atoms with Gasteiger partial charge in [-0.25, -0.2) is 9.78 Å². The quantitative estimate of drug-likeness (QED) is 0.659. The van der Waals surface area contributed by atoms with E-state index >= 15 is 0 Å². The molecule has 9 heteroatoms. The number of esters is 1. The van der Waals surface area contributed by atoms with Crippen molar-refractivity contribution in [3.63, 3.8) is 0 Å². The van der Waals surface area contributed by atoms with Crippen molar-refractivity contribution in [2.75, 3.05) is 17.2 Å². The van der Waals surface area contributed by atoms with E-state index in [0.717, 1.165) is 31.4 Å². The largest absolute Gasteiger partial charge is 0.462 e. The molecule has 0 amide bonds. The molecule has 0 bridgehead atoms. The lowest BCUT2D eigenvalue weighted by atomic mass is 9.92. The van der Waals surface area contributed by atoms with Crippen LogP contribution in [0.15, 0.2) is 12.4 Å². The number of rotatable bonds is 6. The molecule has 1 aliphatic rings. The molecule has 2 heterocycles. The van der Waals surface area contributed by atoms with Crippen LogP contribution in [0.25, 0.3) is 0 Å². The van der Waals surface area contributed by atoms with E-state index < -0.39 is 5.97 Å². The van der Waals surface area contributed by atoms with E-state index in [-0.39, 0.29) is 12.1 Å². The number of ether oxygens (including phenoxy) is 1. The Bertz CT molecular complexity index is 797. The topological polar surface area (TPSA) is 120 Å². The Morgan fingerprint density at radius 3 is 2.70 bits per heavy atom. The standard InChI is InChI=1S/C18H27N7O2/c1-4-27-17(26)15-11(2)21-18(23-14-9-20-25(3)10-14)24-16(15)22-13-7-5-12(19)6-8-13/h9-10,12-13H,4-8,19H2,1-3H3,(H2,21,22,23,24). The number of nitrogens with zero attached hydrogens (tertiary/aromatic N) is 4. The lowest BCUT2D eigenvalue weighted by molar-refractivity contribution is 0.0525. The SMILES string of the molecule is CCOC(=O)c1c(C)nc(Nc2cnn(C)c2)nc1NC1CCC(N)CC1. The van der Waals surface area contributed by atoms with Gasteiger partial charge in [0.15, 0.2) is 0 Å². The summed E-state index contributed by atoms with van der Waals surface area (Å²) in [4.78, 5) is 21.4. The number of aryl methyl sites for hydroxylation is 2. The fraction of sp³-hybridized carbons (Fsp3) is 0.556. The van der Waals surface area contributed by atoms with Crippen molar-refractivity contribution >= 4 is 23.4 Å². The molecule has 9 nitrogen and oxygen atoms in total. The summed E-state index contributed by atoms with van der Waals surface area (Å²) in [5, 5.41) is 10.7. The van der Waals surface area contributed by atoms with Gasteiger partial charge in [0, 0.05) is 25.3 Å². The van der Waals surface area contributed by atoms with E-state index in [4.69, 9.17) is 10.5 Å². The predicted octanol–water partition coefficient (Wildman–Crippen LogP) is 2.12. The van der Waals surface area contributed by atoms with Crippen molar-refractivity contribution in [1.82, 2.24) is 19.7 Å². The van der Waals surface area contributed by atoms with Gasteiger partial charge in [-0.1, -0.05) is 0 Å². The molecular formula is C18H27N7O2. The number of carbonyl (C=O) groups is 1. The normalized spacial score (nSPS) is 19.6. The van der Waals surface area contributed by atoms with Crippen molar-refractivity contribution in [3.05, 3.63) is 23.7 Å². The molecule has 0 unspecified atom stereocenters. The average molecular weight is 373 g/mol. The van der Waals surface area contributed by atoms with Crippen LogP contribution in [0, 0.1) is 6.92 Å². The van der Waals surface area contributed by atoms with Gasteiger partial charge in [0.2, 0.25) is 5.95 Å². The molecule has 0 atom stereocenters. The number of aromatic nitrogens is 4. The molecule has 2 aromatic heterocycles. The molecule has 1 aliphatic carbocycles. The summed E-state index contributed by atoms with van der Waals surface area (Å²) in [7, 11) is 1.84. The molecule has 1 fully saturated rings. The minimum Gasteiger partial charge on any atom is -0.462 e. The smallest absolute Gasteiger partial charge is 0.343 e. The Hall–Kier alpha value is -2.68. The van der Waals surface area contributed by atoms with Gasteiger partial charge in [0.05, 0.1) is 24.2 Å². The van der Waals surface area contributed by atoms with Crippen LogP contribution in [0.5, 0.6) is 0 Å². The molecule has 146 valence electrons. The summed E-state index contributed by atoms with van der Waals surface area (Å²) in [6.07, 6.45) is 7.31. The minimum atomic E-state index is -0.419. The number of anilines is 3. The average Bonchev–Trinajstić information content (AvgIpc) is 3.01.